The van der Waals surface area contributed by atoms with Gasteiger partial charge in [0.2, 0.25) is 0 Å². The number of hydrogen-bond donors (Lipinski definition) is 0. The number of rotatable bonds is 6. The Kier molecular flexibility index (Phi) is 6.30. The molecular weight excluding hydrogens is 434 g/mol. The minimum absolute atomic E-state index is 0.324. The van der Waals surface area contributed by atoms with Crippen LogP contribution in [0.25, 0.3) is 6.08 Å². The molecule has 1 fully saturated rings. The summed E-state index contributed by atoms with van der Waals surface area (Å²) in [5.74, 6) is 0.745. The predicted octanol–water partition coefficient (Wildman–Crippen LogP) is 6.17. The van der Waals surface area contributed by atoms with Gasteiger partial charge in [0.1, 0.15) is 6.61 Å². The third kappa shape index (κ3) is 4.76. The first-order valence-corrected chi connectivity index (χ1v) is 10.6. The highest BCUT2D eigenvalue weighted by molar-refractivity contribution is 8.19. The maximum atomic E-state index is 12.8. The van der Waals surface area contributed by atoms with Crippen LogP contribution in [0.15, 0.2) is 77.7 Å². The molecule has 5 nitrogen and oxygen atoms in total. The van der Waals surface area contributed by atoms with Gasteiger partial charge >= 0.3 is 0 Å². The molecule has 3 aromatic carbocycles. The van der Waals surface area contributed by atoms with Crippen molar-refractivity contribution >= 4 is 46.3 Å². The lowest BCUT2D eigenvalue weighted by molar-refractivity contribution is -0.113. The Morgan fingerprint density at radius 3 is 2.52 bits per heavy atom. The van der Waals surface area contributed by atoms with Crippen LogP contribution in [-0.4, -0.2) is 18.3 Å². The summed E-state index contributed by atoms with van der Waals surface area (Å²) in [6.45, 7) is 0.412. The largest absolute Gasteiger partial charge is 0.493 e. The van der Waals surface area contributed by atoms with Crippen LogP contribution in [0, 0.1) is 0 Å². The number of carbonyl (C=O) groups is 2. The average molecular weight is 452 g/mol. The van der Waals surface area contributed by atoms with Gasteiger partial charge in [-0.25, -0.2) is 4.90 Å². The quantitative estimate of drug-likeness (QED) is 0.419. The Morgan fingerprint density at radius 2 is 1.77 bits per heavy atom. The van der Waals surface area contributed by atoms with Gasteiger partial charge in [-0.1, -0.05) is 54.1 Å². The summed E-state index contributed by atoms with van der Waals surface area (Å²) in [4.78, 5) is 26.7. The van der Waals surface area contributed by atoms with Crippen LogP contribution in [0.4, 0.5) is 10.5 Å². The van der Waals surface area contributed by atoms with E-state index in [1.165, 1.54) is 0 Å². The summed E-state index contributed by atoms with van der Waals surface area (Å²) < 4.78 is 11.3. The highest BCUT2D eigenvalue weighted by Crippen LogP contribution is 2.37. The number of carbonyl (C=O) groups excluding carboxylic acids is 2. The molecule has 3 aromatic rings. The molecule has 1 saturated heterocycles. The summed E-state index contributed by atoms with van der Waals surface area (Å²) in [5.41, 5.74) is 2.21. The van der Waals surface area contributed by atoms with Crippen molar-refractivity contribution in [2.45, 2.75) is 6.61 Å². The fraction of sp³-hybridized carbons (Fsp3) is 0.0833. The van der Waals surface area contributed by atoms with Gasteiger partial charge in [0.25, 0.3) is 11.1 Å². The van der Waals surface area contributed by atoms with Crippen molar-refractivity contribution in [1.82, 2.24) is 0 Å². The van der Waals surface area contributed by atoms with Gasteiger partial charge in [0.05, 0.1) is 17.7 Å². The monoisotopic (exact) mass is 451 g/mol. The lowest BCUT2D eigenvalue weighted by Gasteiger charge is -2.12. The molecule has 0 saturated carbocycles. The smallest absolute Gasteiger partial charge is 0.298 e. The fourth-order valence-corrected chi connectivity index (χ4v) is 4.11. The fourth-order valence-electron chi connectivity index (χ4n) is 3.09. The molecule has 1 aliphatic heterocycles. The number of nitrogens with zero attached hydrogens (tertiary/aromatic N) is 1. The zero-order chi connectivity index (χ0) is 21.8. The molecule has 0 N–H and O–H groups in total. The van der Waals surface area contributed by atoms with Crippen LogP contribution in [0.5, 0.6) is 11.5 Å². The summed E-state index contributed by atoms with van der Waals surface area (Å²) in [6.07, 6.45) is 1.67. The molecule has 1 aliphatic rings. The highest BCUT2D eigenvalue weighted by atomic mass is 35.5. The van der Waals surface area contributed by atoms with E-state index in [4.69, 9.17) is 21.1 Å². The first-order valence-electron chi connectivity index (χ1n) is 9.43. The van der Waals surface area contributed by atoms with E-state index in [0.29, 0.717) is 33.7 Å². The second-order valence-electron chi connectivity index (χ2n) is 6.68. The van der Waals surface area contributed by atoms with Gasteiger partial charge in [-0.2, -0.15) is 0 Å². The lowest BCUT2D eigenvalue weighted by atomic mass is 10.1. The van der Waals surface area contributed by atoms with Crippen molar-refractivity contribution in [3.05, 3.63) is 93.9 Å². The van der Waals surface area contributed by atoms with E-state index in [1.54, 1.807) is 49.6 Å². The van der Waals surface area contributed by atoms with E-state index in [2.05, 4.69) is 0 Å². The molecule has 0 radical (unpaired) electrons. The first-order chi connectivity index (χ1) is 15.0. The molecule has 156 valence electrons. The summed E-state index contributed by atoms with van der Waals surface area (Å²) in [6, 6.07) is 21.8. The van der Waals surface area contributed by atoms with E-state index < -0.39 is 0 Å². The molecule has 0 atom stereocenters. The zero-order valence-electron chi connectivity index (χ0n) is 16.6. The Bertz CT molecular complexity index is 1160. The van der Waals surface area contributed by atoms with Crippen LogP contribution in [0.1, 0.15) is 11.1 Å². The number of amides is 2. The molecule has 1 heterocycles. The summed E-state index contributed by atoms with van der Waals surface area (Å²) >= 11 is 6.89. The molecule has 0 aliphatic carbocycles. The minimum atomic E-state index is -0.388. The molecule has 0 spiro atoms. The van der Waals surface area contributed by atoms with Crippen molar-refractivity contribution in [3.8, 4) is 11.5 Å². The van der Waals surface area contributed by atoms with Gasteiger partial charge in [-0.15, -0.1) is 0 Å². The first kappa shape index (κ1) is 21.0. The van der Waals surface area contributed by atoms with Gasteiger partial charge in [-0.05, 0) is 59.3 Å². The maximum absolute atomic E-state index is 12.8. The predicted molar refractivity (Wildman–Crippen MR) is 124 cm³/mol. The number of hydrogen-bond acceptors (Lipinski definition) is 5. The number of benzene rings is 3. The molecule has 0 aromatic heterocycles. The van der Waals surface area contributed by atoms with E-state index in [1.807, 2.05) is 36.4 Å². The number of thioether (sulfide) groups is 1. The number of ether oxygens (including phenoxy) is 2. The van der Waals surface area contributed by atoms with Crippen LogP contribution in [0.2, 0.25) is 5.02 Å². The number of anilines is 1. The Labute approximate surface area is 189 Å². The average Bonchev–Trinajstić information content (AvgIpc) is 3.06. The minimum Gasteiger partial charge on any atom is -0.493 e. The molecular formula is C24H18ClNO4S. The zero-order valence-corrected chi connectivity index (χ0v) is 18.2. The SMILES string of the molecule is COc1cc(C=C2SC(=O)N(c3cccc(Cl)c3)C2=O)ccc1OCc1ccccc1. The normalized spacial score (nSPS) is 14.9. The van der Waals surface area contributed by atoms with Crippen molar-refractivity contribution in [2.75, 3.05) is 12.0 Å². The molecule has 2 amide bonds. The van der Waals surface area contributed by atoms with Crippen molar-refractivity contribution < 1.29 is 19.1 Å². The van der Waals surface area contributed by atoms with Gasteiger partial charge in [0.15, 0.2) is 11.5 Å². The van der Waals surface area contributed by atoms with Crippen molar-refractivity contribution in [3.63, 3.8) is 0 Å². The van der Waals surface area contributed by atoms with Gasteiger partial charge in [0, 0.05) is 5.02 Å². The van der Waals surface area contributed by atoms with E-state index in [9.17, 15) is 9.59 Å². The van der Waals surface area contributed by atoms with E-state index in [0.717, 1.165) is 27.8 Å². The third-order valence-electron chi connectivity index (χ3n) is 4.58. The highest BCUT2D eigenvalue weighted by Gasteiger charge is 2.36. The Morgan fingerprint density at radius 1 is 0.968 bits per heavy atom. The molecule has 0 unspecified atom stereocenters. The topological polar surface area (TPSA) is 55.8 Å². The van der Waals surface area contributed by atoms with Crippen molar-refractivity contribution in [2.24, 2.45) is 0 Å². The second kappa shape index (κ2) is 9.29. The van der Waals surface area contributed by atoms with E-state index >= 15 is 0 Å². The number of halogens is 1. The molecule has 31 heavy (non-hydrogen) atoms. The van der Waals surface area contributed by atoms with Crippen LogP contribution >= 0.6 is 23.4 Å². The van der Waals surface area contributed by atoms with E-state index in [-0.39, 0.29) is 11.1 Å². The number of methoxy groups -OCH3 is 1. The Hall–Kier alpha value is -3.22. The summed E-state index contributed by atoms with van der Waals surface area (Å²) in [7, 11) is 1.56. The standard InChI is InChI=1S/C24H18ClNO4S/c1-29-21-12-17(10-11-20(21)30-15-16-6-3-2-4-7-16)13-22-23(27)26(24(28)31-22)19-9-5-8-18(25)14-19/h2-14H,15H2,1H3. The summed E-state index contributed by atoms with van der Waals surface area (Å²) in [5, 5.41) is 0.0876. The lowest BCUT2D eigenvalue weighted by Crippen LogP contribution is -2.27. The van der Waals surface area contributed by atoms with Crippen LogP contribution in [0.3, 0.4) is 0 Å². The van der Waals surface area contributed by atoms with Crippen molar-refractivity contribution in [1.29, 1.82) is 0 Å². The third-order valence-corrected chi connectivity index (χ3v) is 5.69. The van der Waals surface area contributed by atoms with Gasteiger partial charge in [-0.3, -0.25) is 9.59 Å². The van der Waals surface area contributed by atoms with Gasteiger partial charge < -0.3 is 9.47 Å². The van der Waals surface area contributed by atoms with Crippen LogP contribution in [-0.2, 0) is 11.4 Å². The van der Waals surface area contributed by atoms with Crippen LogP contribution < -0.4 is 14.4 Å². The molecule has 0 bridgehead atoms. The number of imide groups is 1. The molecule has 7 heteroatoms. The Balaban J connectivity index is 1.54. The second-order valence-corrected chi connectivity index (χ2v) is 8.11. The maximum Gasteiger partial charge on any atom is 0.298 e. The molecule has 4 rings (SSSR count).